The first-order chi connectivity index (χ1) is 16.3. The van der Waals surface area contributed by atoms with Gasteiger partial charge in [0.2, 0.25) is 10.0 Å². The van der Waals surface area contributed by atoms with Crippen LogP contribution in [-0.4, -0.2) is 54.6 Å². The largest absolute Gasteiger partial charge is 0.368 e. The van der Waals surface area contributed by atoms with Crippen molar-refractivity contribution in [3.8, 4) is 0 Å². The number of sulfonamides is 1. The minimum absolute atomic E-state index is 0.135. The lowest BCUT2D eigenvalue weighted by molar-refractivity contribution is -0.123. The van der Waals surface area contributed by atoms with Gasteiger partial charge in [-0.25, -0.2) is 23.1 Å². The number of carbonyl (C=O) groups is 2. The van der Waals surface area contributed by atoms with Crippen LogP contribution in [0.1, 0.15) is 51.7 Å². The molecule has 5 rings (SSSR count). The van der Waals surface area contributed by atoms with E-state index >= 15 is 0 Å². The number of imide groups is 1. The van der Waals surface area contributed by atoms with E-state index in [0.29, 0.717) is 23.7 Å². The smallest absolute Gasteiger partial charge is 0.332 e. The van der Waals surface area contributed by atoms with E-state index in [9.17, 15) is 18.0 Å². The molecule has 1 N–H and O–H groups in total. The number of fused-ring (bicyclic) bond motifs is 2. The third kappa shape index (κ3) is 3.84. The van der Waals surface area contributed by atoms with E-state index in [1.165, 1.54) is 15.5 Å². The Bertz CT molecular complexity index is 1330. The van der Waals surface area contributed by atoms with Crippen LogP contribution in [0.2, 0.25) is 0 Å². The number of nitrogens with zero attached hydrogens (tertiary/aromatic N) is 4. The fourth-order valence-electron chi connectivity index (χ4n) is 5.09. The van der Waals surface area contributed by atoms with Crippen LogP contribution in [0.5, 0.6) is 0 Å². The lowest BCUT2D eigenvalue weighted by Gasteiger charge is -2.27. The van der Waals surface area contributed by atoms with Gasteiger partial charge < -0.3 is 10.2 Å². The van der Waals surface area contributed by atoms with Crippen LogP contribution in [-0.2, 0) is 26.8 Å². The highest BCUT2D eigenvalue weighted by molar-refractivity contribution is 7.92. The minimum atomic E-state index is -3.48. The van der Waals surface area contributed by atoms with Gasteiger partial charge >= 0.3 is 6.03 Å². The van der Waals surface area contributed by atoms with Gasteiger partial charge in [-0.1, -0.05) is 6.07 Å². The summed E-state index contributed by atoms with van der Waals surface area (Å²) in [5, 5.41) is 3.25. The summed E-state index contributed by atoms with van der Waals surface area (Å²) in [6, 6.07) is 8.81. The van der Waals surface area contributed by atoms with Crippen molar-refractivity contribution in [3.05, 3.63) is 47.7 Å². The van der Waals surface area contributed by atoms with Crippen molar-refractivity contribution < 1.29 is 18.0 Å². The zero-order valence-electron chi connectivity index (χ0n) is 20.7. The van der Waals surface area contributed by atoms with Crippen molar-refractivity contribution in [2.75, 3.05) is 27.3 Å². The van der Waals surface area contributed by atoms with E-state index in [1.807, 2.05) is 32.0 Å². The Morgan fingerprint density at radius 1 is 1.11 bits per heavy atom. The van der Waals surface area contributed by atoms with Crippen molar-refractivity contribution in [3.63, 3.8) is 0 Å². The monoisotopic (exact) mass is 497 g/mol. The Hall–Kier alpha value is -3.14. The summed E-state index contributed by atoms with van der Waals surface area (Å²) in [6.45, 7) is 8.16. The Labute approximate surface area is 206 Å². The second-order valence-corrected chi connectivity index (χ2v) is 12.6. The first kappa shape index (κ1) is 23.6. The van der Waals surface area contributed by atoms with Crippen LogP contribution in [0.4, 0.5) is 22.0 Å². The van der Waals surface area contributed by atoms with Crippen molar-refractivity contribution in [2.45, 2.75) is 64.1 Å². The van der Waals surface area contributed by atoms with E-state index in [-0.39, 0.29) is 23.9 Å². The predicted molar refractivity (Wildman–Crippen MR) is 135 cm³/mol. The maximum absolute atomic E-state index is 13.6. The van der Waals surface area contributed by atoms with Gasteiger partial charge in [-0.05, 0) is 75.9 Å². The number of rotatable bonds is 6. The maximum atomic E-state index is 13.6. The first-order valence-corrected chi connectivity index (χ1v) is 13.7. The number of carbonyl (C=O) groups excluding carboxylic acids is 2. The molecule has 2 aliphatic heterocycles. The van der Waals surface area contributed by atoms with Gasteiger partial charge in [0.15, 0.2) is 0 Å². The molecule has 2 aromatic rings. The molecule has 0 bridgehead atoms. The van der Waals surface area contributed by atoms with Gasteiger partial charge in [-0.3, -0.25) is 9.10 Å². The molecule has 1 saturated carbocycles. The summed E-state index contributed by atoms with van der Waals surface area (Å²) in [5.74, 6) is 0.362. The van der Waals surface area contributed by atoms with Crippen LogP contribution < -0.4 is 14.5 Å². The quantitative estimate of drug-likeness (QED) is 0.613. The number of benzene rings is 1. The average molecular weight is 498 g/mol. The molecule has 2 fully saturated rings. The molecule has 0 radical (unpaired) electrons. The standard InChI is InChI=1S/C25H31N5O4S/c1-16(2)27-21-12-17(8-11-26-21)14-28-23(32)30(22(31)24(28,3)4)18-6-7-19-20(13-18)29(35(5,33)34)15-25(19)9-10-25/h6-8,11-13,16H,9-10,14-15H2,1-5H3,(H,26,27). The number of urea groups is 1. The first-order valence-electron chi connectivity index (χ1n) is 11.8. The van der Waals surface area contributed by atoms with Crippen molar-refractivity contribution in [1.82, 2.24) is 9.88 Å². The van der Waals surface area contributed by atoms with Gasteiger partial charge in [0.05, 0.1) is 17.6 Å². The van der Waals surface area contributed by atoms with E-state index in [0.717, 1.165) is 24.0 Å². The van der Waals surface area contributed by atoms with Gasteiger partial charge in [0, 0.05) is 30.7 Å². The minimum Gasteiger partial charge on any atom is -0.368 e. The lowest BCUT2D eigenvalue weighted by atomic mass is 9.98. The molecule has 10 heteroatoms. The Kier molecular flexibility index (Phi) is 5.18. The topological polar surface area (TPSA) is 103 Å². The van der Waals surface area contributed by atoms with Crippen molar-refractivity contribution in [1.29, 1.82) is 0 Å². The van der Waals surface area contributed by atoms with E-state index < -0.39 is 21.6 Å². The van der Waals surface area contributed by atoms with Crippen molar-refractivity contribution >= 4 is 39.2 Å². The maximum Gasteiger partial charge on any atom is 0.332 e. The van der Waals surface area contributed by atoms with E-state index in [4.69, 9.17) is 0 Å². The summed E-state index contributed by atoms with van der Waals surface area (Å²) in [4.78, 5) is 34.1. The second kappa shape index (κ2) is 7.68. The third-order valence-corrected chi connectivity index (χ3v) is 8.33. The highest BCUT2D eigenvalue weighted by Gasteiger charge is 2.55. The van der Waals surface area contributed by atoms with Gasteiger partial charge in [0.25, 0.3) is 5.91 Å². The number of hydrogen-bond acceptors (Lipinski definition) is 6. The molecule has 3 aliphatic rings. The van der Waals surface area contributed by atoms with Crippen LogP contribution in [0, 0.1) is 0 Å². The molecule has 9 nitrogen and oxygen atoms in total. The highest BCUT2D eigenvalue weighted by atomic mass is 32.2. The average Bonchev–Trinajstić information content (AvgIpc) is 3.43. The third-order valence-electron chi connectivity index (χ3n) is 7.20. The molecular formula is C25H31N5O4S. The summed E-state index contributed by atoms with van der Waals surface area (Å²) < 4.78 is 26.4. The van der Waals surface area contributed by atoms with Crippen molar-refractivity contribution in [2.24, 2.45) is 0 Å². The zero-order chi connectivity index (χ0) is 25.3. The number of pyridine rings is 1. The molecule has 3 amide bonds. The molecule has 1 aromatic heterocycles. The Morgan fingerprint density at radius 2 is 1.83 bits per heavy atom. The number of aromatic nitrogens is 1. The fraction of sp³-hybridized carbons (Fsp3) is 0.480. The number of amides is 3. The summed E-state index contributed by atoms with van der Waals surface area (Å²) in [5.41, 5.74) is 1.58. The molecule has 0 atom stereocenters. The molecule has 1 aromatic carbocycles. The molecule has 35 heavy (non-hydrogen) atoms. The molecule has 1 saturated heterocycles. The van der Waals surface area contributed by atoms with Crippen LogP contribution in [0.25, 0.3) is 0 Å². The number of nitrogens with one attached hydrogen (secondary N) is 1. The van der Waals surface area contributed by atoms with E-state index in [2.05, 4.69) is 10.3 Å². The lowest BCUT2D eigenvalue weighted by Crippen LogP contribution is -2.43. The molecule has 0 unspecified atom stereocenters. The molecular weight excluding hydrogens is 466 g/mol. The second-order valence-electron chi connectivity index (χ2n) is 10.7. The number of anilines is 3. The fourth-order valence-corrected chi connectivity index (χ4v) is 6.08. The molecule has 1 aliphatic carbocycles. The molecule has 1 spiro atoms. The predicted octanol–water partition coefficient (Wildman–Crippen LogP) is 3.46. The number of hydrogen-bond donors (Lipinski definition) is 1. The van der Waals surface area contributed by atoms with Crippen LogP contribution in [0.3, 0.4) is 0 Å². The SMILES string of the molecule is CC(C)Nc1cc(CN2C(=O)N(c3ccc4c(c3)N(S(C)(=O)=O)CC43CC3)C(=O)C2(C)C)ccn1. The Morgan fingerprint density at radius 3 is 2.46 bits per heavy atom. The van der Waals surface area contributed by atoms with Gasteiger partial charge in [-0.2, -0.15) is 0 Å². The summed E-state index contributed by atoms with van der Waals surface area (Å²) in [7, 11) is -3.48. The van der Waals surface area contributed by atoms with Crippen LogP contribution in [0.15, 0.2) is 36.5 Å². The van der Waals surface area contributed by atoms with Gasteiger partial charge in [-0.15, -0.1) is 0 Å². The van der Waals surface area contributed by atoms with E-state index in [1.54, 1.807) is 37.1 Å². The normalized spacial score (nSPS) is 20.2. The molecule has 3 heterocycles. The molecule has 186 valence electrons. The van der Waals surface area contributed by atoms with Gasteiger partial charge in [0.1, 0.15) is 11.4 Å². The summed E-state index contributed by atoms with van der Waals surface area (Å²) >= 11 is 0. The van der Waals surface area contributed by atoms with Crippen LogP contribution >= 0.6 is 0 Å². The summed E-state index contributed by atoms with van der Waals surface area (Å²) in [6.07, 6.45) is 4.75. The zero-order valence-corrected chi connectivity index (χ0v) is 21.5. The highest BCUT2D eigenvalue weighted by Crippen LogP contribution is 2.57. The Balaban J connectivity index is 1.48.